The number of rotatable bonds is 7. The Balaban J connectivity index is 1.94. The molecule has 0 bridgehead atoms. The molecule has 0 fully saturated rings. The van der Waals surface area contributed by atoms with Gasteiger partial charge in [0.1, 0.15) is 5.75 Å². The van der Waals surface area contributed by atoms with Crippen molar-refractivity contribution < 1.29 is 14.8 Å². The highest BCUT2D eigenvalue weighted by molar-refractivity contribution is 7.99. The van der Waals surface area contributed by atoms with E-state index in [0.29, 0.717) is 10.6 Å². The Morgan fingerprint density at radius 3 is 2.55 bits per heavy atom. The van der Waals surface area contributed by atoms with Gasteiger partial charge in [0.25, 0.3) is 5.69 Å². The quantitative estimate of drug-likeness (QED) is 0.205. The number of nitro groups is 1. The Morgan fingerprint density at radius 1 is 1.14 bits per heavy atom. The molecule has 0 radical (unpaired) electrons. The molecule has 148 valence electrons. The minimum atomic E-state index is -0.457. The highest BCUT2D eigenvalue weighted by atomic mass is 35.5. The van der Waals surface area contributed by atoms with E-state index in [-0.39, 0.29) is 34.5 Å². The van der Waals surface area contributed by atoms with Gasteiger partial charge in [0.2, 0.25) is 0 Å². The van der Waals surface area contributed by atoms with Crippen LogP contribution in [-0.2, 0) is 0 Å². The summed E-state index contributed by atoms with van der Waals surface area (Å²) in [6.45, 7) is 1.98. The lowest BCUT2D eigenvalue weighted by Gasteiger charge is -2.17. The van der Waals surface area contributed by atoms with Crippen LogP contribution in [0, 0.1) is 17.0 Å². The third-order valence-electron chi connectivity index (χ3n) is 4.38. The molecule has 0 aliphatic heterocycles. The first-order chi connectivity index (χ1) is 13.8. The maximum Gasteiger partial charge on any atom is 0.269 e. The molecule has 0 amide bonds. The van der Waals surface area contributed by atoms with Crippen molar-refractivity contribution >= 4 is 34.8 Å². The highest BCUT2D eigenvalue weighted by Gasteiger charge is 2.22. The molecule has 0 saturated heterocycles. The summed E-state index contributed by atoms with van der Waals surface area (Å²) in [5.41, 5.74) is 1.88. The number of carbonyl (C=O) groups excluding carboxylic acids is 1. The van der Waals surface area contributed by atoms with Crippen LogP contribution in [0.25, 0.3) is 0 Å². The predicted octanol–water partition coefficient (Wildman–Crippen LogP) is 6.37. The summed E-state index contributed by atoms with van der Waals surface area (Å²) in [7, 11) is 0. The van der Waals surface area contributed by atoms with Crippen molar-refractivity contribution in [3.8, 4) is 5.75 Å². The van der Waals surface area contributed by atoms with Crippen LogP contribution >= 0.6 is 23.4 Å². The fourth-order valence-electron chi connectivity index (χ4n) is 2.86. The van der Waals surface area contributed by atoms with Crippen LogP contribution < -0.4 is 0 Å². The summed E-state index contributed by atoms with van der Waals surface area (Å²) in [5.74, 6) is -0.432. The topological polar surface area (TPSA) is 80.4 Å². The molecule has 1 atom stereocenters. The summed E-state index contributed by atoms with van der Waals surface area (Å²) < 4.78 is 0. The molecule has 3 aromatic carbocycles. The molecule has 0 aliphatic rings. The van der Waals surface area contributed by atoms with Crippen molar-refractivity contribution in [3.05, 3.63) is 98.6 Å². The van der Waals surface area contributed by atoms with E-state index in [4.69, 9.17) is 11.6 Å². The minimum Gasteiger partial charge on any atom is -0.507 e. The molecule has 5 nitrogen and oxygen atoms in total. The number of nitro benzene ring substituents is 1. The second kappa shape index (κ2) is 9.11. The monoisotopic (exact) mass is 427 g/mol. The summed E-state index contributed by atoms with van der Waals surface area (Å²) >= 11 is 7.42. The van der Waals surface area contributed by atoms with Gasteiger partial charge in [-0.25, -0.2) is 0 Å². The number of phenols is 1. The molecule has 29 heavy (non-hydrogen) atoms. The standard InChI is InChI=1S/C22H18ClNO4S/c1-14-5-8-18(9-6-14)29-22(15-3-2-4-17(11-15)24(27)28)13-21(26)19-12-16(23)7-10-20(19)25/h2-12,22,25H,13H2,1H3. The zero-order valence-corrected chi connectivity index (χ0v) is 17.1. The van der Waals surface area contributed by atoms with Gasteiger partial charge in [-0.1, -0.05) is 41.4 Å². The van der Waals surface area contributed by atoms with E-state index in [1.165, 1.54) is 42.1 Å². The number of aryl methyl sites for hydroxylation is 1. The molecular formula is C22H18ClNO4S. The van der Waals surface area contributed by atoms with E-state index < -0.39 is 4.92 Å². The fraction of sp³-hybridized carbons (Fsp3) is 0.136. The average molecular weight is 428 g/mol. The van der Waals surface area contributed by atoms with Crippen molar-refractivity contribution in [2.24, 2.45) is 0 Å². The van der Waals surface area contributed by atoms with Crippen LogP contribution in [0.4, 0.5) is 5.69 Å². The van der Waals surface area contributed by atoms with E-state index >= 15 is 0 Å². The van der Waals surface area contributed by atoms with Gasteiger partial charge in [-0.2, -0.15) is 0 Å². The lowest BCUT2D eigenvalue weighted by molar-refractivity contribution is -0.384. The predicted molar refractivity (Wildman–Crippen MR) is 115 cm³/mol. The molecular weight excluding hydrogens is 410 g/mol. The number of hydrogen-bond donors (Lipinski definition) is 1. The number of Topliss-reactive ketones (excluding diaryl/α,β-unsaturated/α-hetero) is 1. The SMILES string of the molecule is Cc1ccc(SC(CC(=O)c2cc(Cl)ccc2O)c2cccc([N+](=O)[O-])c2)cc1. The average Bonchev–Trinajstić information content (AvgIpc) is 2.71. The van der Waals surface area contributed by atoms with Crippen molar-refractivity contribution in [2.45, 2.75) is 23.5 Å². The van der Waals surface area contributed by atoms with Gasteiger partial charge >= 0.3 is 0 Å². The number of hydrogen-bond acceptors (Lipinski definition) is 5. The summed E-state index contributed by atoms with van der Waals surface area (Å²) in [6.07, 6.45) is 0.0492. The molecule has 0 saturated carbocycles. The largest absolute Gasteiger partial charge is 0.507 e. The Kier molecular flexibility index (Phi) is 6.56. The number of ketones is 1. The van der Waals surface area contributed by atoms with Crippen LogP contribution in [0.5, 0.6) is 5.75 Å². The third-order valence-corrected chi connectivity index (χ3v) is 5.88. The van der Waals surface area contributed by atoms with Gasteiger partial charge in [0, 0.05) is 33.7 Å². The van der Waals surface area contributed by atoms with E-state index in [9.17, 15) is 20.0 Å². The Bertz CT molecular complexity index is 1050. The van der Waals surface area contributed by atoms with E-state index in [2.05, 4.69) is 0 Å². The molecule has 3 rings (SSSR count). The Hall–Kier alpha value is -2.83. The van der Waals surface area contributed by atoms with Crippen LogP contribution in [0.1, 0.15) is 33.2 Å². The molecule has 1 N–H and O–H groups in total. The van der Waals surface area contributed by atoms with Crippen LogP contribution in [0.2, 0.25) is 5.02 Å². The highest BCUT2D eigenvalue weighted by Crippen LogP contribution is 2.40. The van der Waals surface area contributed by atoms with E-state index in [1.54, 1.807) is 12.1 Å². The number of aromatic hydroxyl groups is 1. The normalized spacial score (nSPS) is 11.8. The number of benzene rings is 3. The molecule has 7 heteroatoms. The zero-order chi connectivity index (χ0) is 21.0. The molecule has 0 aromatic heterocycles. The minimum absolute atomic E-state index is 0.0324. The molecule has 0 spiro atoms. The number of thioether (sulfide) groups is 1. The second-order valence-corrected chi connectivity index (χ2v) is 8.27. The summed E-state index contributed by atoms with van der Waals surface area (Å²) in [5, 5.41) is 21.2. The van der Waals surface area contributed by atoms with Crippen molar-refractivity contribution in [1.82, 2.24) is 0 Å². The van der Waals surface area contributed by atoms with Crippen LogP contribution in [-0.4, -0.2) is 15.8 Å². The van der Waals surface area contributed by atoms with Gasteiger partial charge in [-0.3, -0.25) is 14.9 Å². The van der Waals surface area contributed by atoms with Gasteiger partial charge in [-0.15, -0.1) is 11.8 Å². The van der Waals surface area contributed by atoms with Gasteiger partial charge in [0.05, 0.1) is 10.5 Å². The lowest BCUT2D eigenvalue weighted by atomic mass is 10.0. The van der Waals surface area contributed by atoms with Gasteiger partial charge in [0.15, 0.2) is 5.78 Å². The summed E-state index contributed by atoms with van der Waals surface area (Å²) in [6, 6.07) is 18.4. The molecule has 0 aliphatic carbocycles. The first-order valence-corrected chi connectivity index (χ1v) is 10.1. The molecule has 1 unspecified atom stereocenters. The molecule has 0 heterocycles. The third kappa shape index (κ3) is 5.37. The second-order valence-electron chi connectivity index (χ2n) is 6.56. The van der Waals surface area contributed by atoms with Gasteiger partial charge < -0.3 is 5.11 Å². The van der Waals surface area contributed by atoms with E-state index in [1.807, 2.05) is 31.2 Å². The number of non-ortho nitro benzene ring substituents is 1. The van der Waals surface area contributed by atoms with Crippen LogP contribution in [0.3, 0.4) is 0 Å². The number of nitrogens with zero attached hydrogens (tertiary/aromatic N) is 1. The zero-order valence-electron chi connectivity index (χ0n) is 15.5. The smallest absolute Gasteiger partial charge is 0.269 e. The lowest BCUT2D eigenvalue weighted by Crippen LogP contribution is -2.06. The molecule has 3 aromatic rings. The maximum absolute atomic E-state index is 12.9. The Morgan fingerprint density at radius 2 is 1.86 bits per heavy atom. The fourth-order valence-corrected chi connectivity index (χ4v) is 4.17. The van der Waals surface area contributed by atoms with Gasteiger partial charge in [-0.05, 0) is 42.8 Å². The number of carbonyl (C=O) groups is 1. The van der Waals surface area contributed by atoms with Crippen molar-refractivity contribution in [3.63, 3.8) is 0 Å². The first-order valence-electron chi connectivity index (χ1n) is 8.83. The number of halogens is 1. The maximum atomic E-state index is 12.9. The number of phenolic OH excluding ortho intramolecular Hbond substituents is 1. The Labute approximate surface area is 177 Å². The summed E-state index contributed by atoms with van der Waals surface area (Å²) in [4.78, 5) is 24.6. The van der Waals surface area contributed by atoms with Crippen LogP contribution in [0.15, 0.2) is 71.6 Å². The van der Waals surface area contributed by atoms with Crippen molar-refractivity contribution in [1.29, 1.82) is 0 Å². The van der Waals surface area contributed by atoms with Crippen molar-refractivity contribution in [2.75, 3.05) is 0 Å². The van der Waals surface area contributed by atoms with E-state index in [0.717, 1.165) is 10.5 Å². The first kappa shape index (κ1) is 20.9.